The third kappa shape index (κ3) is 2.62. The highest BCUT2D eigenvalue weighted by atomic mass is 16.6. The zero-order valence-electron chi connectivity index (χ0n) is 12.0. The fraction of sp³-hybridized carbons (Fsp3) is 0.500. The molecule has 0 aliphatic carbocycles. The Morgan fingerprint density at radius 2 is 2.43 bits per heavy atom. The van der Waals surface area contributed by atoms with Crippen molar-refractivity contribution in [2.45, 2.75) is 25.9 Å². The number of nitro groups is 1. The number of nitrogens with zero attached hydrogens (tertiary/aromatic N) is 4. The lowest BCUT2D eigenvalue weighted by atomic mass is 10.2. The summed E-state index contributed by atoms with van der Waals surface area (Å²) in [5.74, 6) is 0.0787. The second kappa shape index (κ2) is 5.79. The van der Waals surface area contributed by atoms with Crippen molar-refractivity contribution in [1.29, 1.82) is 0 Å². The number of rotatable bonds is 5. The molecule has 2 aromatic rings. The third-order valence-electron chi connectivity index (χ3n) is 4.06. The van der Waals surface area contributed by atoms with Gasteiger partial charge < -0.3 is 15.4 Å². The maximum atomic E-state index is 11.4. The average molecular weight is 289 g/mol. The van der Waals surface area contributed by atoms with E-state index in [2.05, 4.69) is 22.1 Å². The highest BCUT2D eigenvalue weighted by molar-refractivity contribution is 5.48. The molecule has 1 N–H and O–H groups in total. The molecule has 7 heteroatoms. The molecule has 7 nitrogen and oxygen atoms in total. The quantitative estimate of drug-likeness (QED) is 0.665. The number of fused-ring (bicyclic) bond motifs is 1. The monoisotopic (exact) mass is 289 g/mol. The van der Waals surface area contributed by atoms with Crippen molar-refractivity contribution < 1.29 is 4.92 Å². The van der Waals surface area contributed by atoms with Crippen LogP contribution in [0.5, 0.6) is 0 Å². The Balaban J connectivity index is 1.95. The largest absolute Gasteiger partial charge is 0.358 e. The molecule has 1 atom stereocenters. The summed E-state index contributed by atoms with van der Waals surface area (Å²) < 4.78 is 1.55. The van der Waals surface area contributed by atoms with Gasteiger partial charge in [-0.1, -0.05) is 13.0 Å². The fourth-order valence-corrected chi connectivity index (χ4v) is 2.97. The highest BCUT2D eigenvalue weighted by Gasteiger charge is 2.27. The molecule has 1 aliphatic rings. The molecule has 3 heterocycles. The van der Waals surface area contributed by atoms with Crippen molar-refractivity contribution >= 4 is 11.5 Å². The number of hydrogen-bond donors (Lipinski definition) is 1. The summed E-state index contributed by atoms with van der Waals surface area (Å²) in [5.41, 5.74) is 1.17. The predicted octanol–water partition coefficient (Wildman–Crippen LogP) is 1.43. The van der Waals surface area contributed by atoms with E-state index >= 15 is 0 Å². The van der Waals surface area contributed by atoms with Gasteiger partial charge in [0, 0.05) is 25.2 Å². The number of nitrogens with one attached hydrogen (secondary N) is 1. The normalized spacial score (nSPS) is 18.7. The van der Waals surface area contributed by atoms with Crippen molar-refractivity contribution in [2.75, 3.05) is 19.6 Å². The van der Waals surface area contributed by atoms with Crippen LogP contribution in [0.3, 0.4) is 0 Å². The standard InChI is InChI=1S/C14H19N5O2/c1-2-17(11-6-7-15-9-11)10-12-14(19(20)21)18-8-4-3-5-13(18)16-12/h3-5,8,11,15H,2,6-7,9-10H2,1H3. The molecule has 0 amide bonds. The van der Waals surface area contributed by atoms with Gasteiger partial charge in [0.25, 0.3) is 0 Å². The van der Waals surface area contributed by atoms with Gasteiger partial charge in [0.15, 0.2) is 5.69 Å². The van der Waals surface area contributed by atoms with E-state index in [-0.39, 0.29) is 10.7 Å². The Labute approximate surface area is 122 Å². The van der Waals surface area contributed by atoms with Crippen LogP contribution < -0.4 is 5.32 Å². The highest BCUT2D eigenvalue weighted by Crippen LogP contribution is 2.23. The molecule has 1 saturated heterocycles. The van der Waals surface area contributed by atoms with Crippen LogP contribution in [0.2, 0.25) is 0 Å². The first kappa shape index (κ1) is 14.0. The molecule has 3 rings (SSSR count). The Kier molecular flexibility index (Phi) is 3.85. The third-order valence-corrected chi connectivity index (χ3v) is 4.06. The molecule has 21 heavy (non-hydrogen) atoms. The van der Waals surface area contributed by atoms with Crippen LogP contribution in [0.25, 0.3) is 5.65 Å². The van der Waals surface area contributed by atoms with Crippen LogP contribution in [-0.4, -0.2) is 44.9 Å². The van der Waals surface area contributed by atoms with Crippen LogP contribution >= 0.6 is 0 Å². The Hall–Kier alpha value is -1.99. The van der Waals surface area contributed by atoms with E-state index in [0.717, 1.165) is 26.1 Å². The van der Waals surface area contributed by atoms with E-state index in [9.17, 15) is 10.1 Å². The number of imidazole rings is 1. The lowest BCUT2D eigenvalue weighted by Gasteiger charge is -2.25. The second-order valence-electron chi connectivity index (χ2n) is 5.28. The van der Waals surface area contributed by atoms with Gasteiger partial charge in [-0.25, -0.2) is 4.98 Å². The maximum absolute atomic E-state index is 11.4. The Morgan fingerprint density at radius 3 is 3.10 bits per heavy atom. The number of likely N-dealkylation sites (N-methyl/N-ethyl adjacent to an activating group) is 1. The predicted molar refractivity (Wildman–Crippen MR) is 79.2 cm³/mol. The fourth-order valence-electron chi connectivity index (χ4n) is 2.97. The number of pyridine rings is 1. The Bertz CT molecular complexity index is 648. The van der Waals surface area contributed by atoms with Gasteiger partial charge in [-0.15, -0.1) is 0 Å². The van der Waals surface area contributed by atoms with Crippen LogP contribution in [0.4, 0.5) is 5.82 Å². The smallest absolute Gasteiger partial charge is 0.352 e. The van der Waals surface area contributed by atoms with E-state index in [1.807, 2.05) is 6.07 Å². The van der Waals surface area contributed by atoms with Gasteiger partial charge in [-0.3, -0.25) is 4.90 Å². The zero-order chi connectivity index (χ0) is 14.8. The Morgan fingerprint density at radius 1 is 1.57 bits per heavy atom. The molecule has 112 valence electrons. The lowest BCUT2D eigenvalue weighted by molar-refractivity contribution is -0.391. The van der Waals surface area contributed by atoms with Gasteiger partial charge in [-0.2, -0.15) is 4.40 Å². The molecule has 0 aromatic carbocycles. The number of aromatic nitrogens is 2. The van der Waals surface area contributed by atoms with Crippen molar-refractivity contribution in [2.24, 2.45) is 0 Å². The molecule has 0 spiro atoms. The molecule has 0 saturated carbocycles. The van der Waals surface area contributed by atoms with Crippen molar-refractivity contribution in [3.8, 4) is 0 Å². The first-order valence-corrected chi connectivity index (χ1v) is 7.25. The molecule has 0 radical (unpaired) electrons. The first-order chi connectivity index (χ1) is 10.2. The van der Waals surface area contributed by atoms with Crippen LogP contribution in [0.1, 0.15) is 19.0 Å². The minimum Gasteiger partial charge on any atom is -0.358 e. The molecular weight excluding hydrogens is 270 g/mol. The summed E-state index contributed by atoms with van der Waals surface area (Å²) in [6.45, 7) is 5.40. The van der Waals surface area contributed by atoms with Crippen LogP contribution in [0, 0.1) is 10.1 Å². The topological polar surface area (TPSA) is 75.7 Å². The van der Waals surface area contributed by atoms with Crippen LogP contribution in [0.15, 0.2) is 24.4 Å². The summed E-state index contributed by atoms with van der Waals surface area (Å²) in [5, 5.41) is 14.7. The molecule has 1 unspecified atom stereocenters. The van der Waals surface area contributed by atoms with Gasteiger partial charge in [0.2, 0.25) is 5.65 Å². The minimum atomic E-state index is -0.337. The molecule has 1 aliphatic heterocycles. The van der Waals surface area contributed by atoms with E-state index < -0.39 is 0 Å². The minimum absolute atomic E-state index is 0.0787. The van der Waals surface area contributed by atoms with E-state index in [1.54, 1.807) is 22.7 Å². The molecule has 0 bridgehead atoms. The average Bonchev–Trinajstić information content (AvgIpc) is 3.11. The molecular formula is C14H19N5O2. The first-order valence-electron chi connectivity index (χ1n) is 7.25. The number of hydrogen-bond acceptors (Lipinski definition) is 5. The van der Waals surface area contributed by atoms with Crippen molar-refractivity contribution in [3.63, 3.8) is 0 Å². The lowest BCUT2D eigenvalue weighted by Crippen LogP contribution is -2.36. The second-order valence-corrected chi connectivity index (χ2v) is 5.28. The summed E-state index contributed by atoms with van der Waals surface area (Å²) in [6.07, 6.45) is 2.77. The maximum Gasteiger partial charge on any atom is 0.352 e. The van der Waals surface area contributed by atoms with Crippen molar-refractivity contribution in [3.05, 3.63) is 40.2 Å². The van der Waals surface area contributed by atoms with E-state index in [1.165, 1.54) is 0 Å². The molecule has 2 aromatic heterocycles. The zero-order valence-corrected chi connectivity index (χ0v) is 12.0. The summed E-state index contributed by atoms with van der Waals surface area (Å²) in [7, 11) is 0. The van der Waals surface area contributed by atoms with Crippen LogP contribution in [-0.2, 0) is 6.54 Å². The van der Waals surface area contributed by atoms with Gasteiger partial charge in [0.1, 0.15) is 0 Å². The molecule has 1 fully saturated rings. The van der Waals surface area contributed by atoms with Gasteiger partial charge in [-0.05, 0) is 30.5 Å². The van der Waals surface area contributed by atoms with Gasteiger partial charge >= 0.3 is 5.82 Å². The summed E-state index contributed by atoms with van der Waals surface area (Å²) in [6, 6.07) is 5.85. The summed E-state index contributed by atoms with van der Waals surface area (Å²) in [4.78, 5) is 17.8. The summed E-state index contributed by atoms with van der Waals surface area (Å²) >= 11 is 0. The SMILES string of the molecule is CCN(Cc1nc2ccccn2c1[N+](=O)[O-])C1CCNC1. The van der Waals surface area contributed by atoms with Gasteiger partial charge in [0.05, 0.1) is 6.20 Å². The van der Waals surface area contributed by atoms with E-state index in [4.69, 9.17) is 0 Å². The van der Waals surface area contributed by atoms with Crippen molar-refractivity contribution in [1.82, 2.24) is 19.6 Å². The van der Waals surface area contributed by atoms with E-state index in [0.29, 0.717) is 23.9 Å².